The molecule has 5 heteroatoms. The molecule has 1 heterocycles. The number of piperidine rings is 1. The fraction of sp³-hybridized carbons (Fsp3) is 0.500. The number of nitrogens with two attached hydrogens (primary N) is 1. The fourth-order valence-electron chi connectivity index (χ4n) is 2.85. The maximum Gasteiger partial charge on any atom is 0.275 e. The first kappa shape index (κ1) is 15.5. The van der Waals surface area contributed by atoms with Gasteiger partial charge in [0.25, 0.3) is 5.91 Å². The molecular weight excluding hydrogens is 266 g/mol. The smallest absolute Gasteiger partial charge is 0.275 e. The van der Waals surface area contributed by atoms with Crippen molar-refractivity contribution < 1.29 is 14.5 Å². The predicted molar refractivity (Wildman–Crippen MR) is 80.5 cm³/mol. The summed E-state index contributed by atoms with van der Waals surface area (Å²) in [6.45, 7) is 4.61. The molecule has 0 aromatic heterocycles. The molecular formula is C16H24N3O2+. The highest BCUT2D eigenvalue weighted by molar-refractivity contribution is 5.77. The summed E-state index contributed by atoms with van der Waals surface area (Å²) in [5, 5.41) is 2.96. The Labute approximate surface area is 125 Å². The number of carbonyl (C=O) groups excluding carboxylic acids is 2. The molecule has 0 aliphatic carbocycles. The average molecular weight is 290 g/mol. The van der Waals surface area contributed by atoms with Crippen LogP contribution in [0.3, 0.4) is 0 Å². The Morgan fingerprint density at radius 3 is 2.86 bits per heavy atom. The number of likely N-dealkylation sites (tertiary alicyclic amines) is 1. The first-order chi connectivity index (χ1) is 10.1. The van der Waals surface area contributed by atoms with Crippen LogP contribution in [0.5, 0.6) is 0 Å². The highest BCUT2D eigenvalue weighted by atomic mass is 16.2. The molecule has 1 fully saturated rings. The van der Waals surface area contributed by atoms with Gasteiger partial charge in [-0.15, -0.1) is 0 Å². The molecule has 5 nitrogen and oxygen atoms in total. The normalized spacial score (nSPS) is 21.8. The van der Waals surface area contributed by atoms with Crippen LogP contribution in [-0.4, -0.2) is 31.4 Å². The van der Waals surface area contributed by atoms with Crippen molar-refractivity contribution in [3.63, 3.8) is 0 Å². The molecule has 21 heavy (non-hydrogen) atoms. The van der Waals surface area contributed by atoms with Crippen molar-refractivity contribution in [2.45, 2.75) is 26.3 Å². The number of hydrogen-bond donors (Lipinski definition) is 3. The molecule has 114 valence electrons. The molecule has 2 atom stereocenters. The van der Waals surface area contributed by atoms with Crippen LogP contribution in [0.1, 0.15) is 24.0 Å². The number of hydrogen-bond acceptors (Lipinski definition) is 2. The van der Waals surface area contributed by atoms with E-state index in [0.717, 1.165) is 29.8 Å². The van der Waals surface area contributed by atoms with Crippen LogP contribution in [0.25, 0.3) is 0 Å². The van der Waals surface area contributed by atoms with E-state index in [0.29, 0.717) is 19.6 Å². The van der Waals surface area contributed by atoms with E-state index in [1.807, 2.05) is 31.2 Å². The van der Waals surface area contributed by atoms with E-state index in [9.17, 15) is 9.59 Å². The Bertz CT molecular complexity index is 516. The van der Waals surface area contributed by atoms with E-state index >= 15 is 0 Å². The molecule has 2 rings (SSSR count). The lowest BCUT2D eigenvalue weighted by molar-refractivity contribution is -0.899. The Hall–Kier alpha value is -1.88. The van der Waals surface area contributed by atoms with Gasteiger partial charge >= 0.3 is 0 Å². The van der Waals surface area contributed by atoms with Crippen LogP contribution in [0.4, 0.5) is 0 Å². The molecule has 1 aromatic rings. The van der Waals surface area contributed by atoms with E-state index < -0.39 is 0 Å². The van der Waals surface area contributed by atoms with E-state index in [2.05, 4.69) is 5.32 Å². The van der Waals surface area contributed by atoms with Gasteiger partial charge in [0.15, 0.2) is 6.54 Å². The minimum Gasteiger partial charge on any atom is -0.369 e. The van der Waals surface area contributed by atoms with Crippen molar-refractivity contribution in [2.75, 3.05) is 19.6 Å². The van der Waals surface area contributed by atoms with Crippen molar-refractivity contribution in [3.05, 3.63) is 35.4 Å². The number of aryl methyl sites for hydroxylation is 1. The van der Waals surface area contributed by atoms with Gasteiger partial charge in [0.2, 0.25) is 5.91 Å². The summed E-state index contributed by atoms with van der Waals surface area (Å²) < 4.78 is 0. The molecule has 2 amide bonds. The Kier molecular flexibility index (Phi) is 5.33. The van der Waals surface area contributed by atoms with Gasteiger partial charge in [0, 0.05) is 6.54 Å². The first-order valence-electron chi connectivity index (χ1n) is 7.50. The zero-order valence-electron chi connectivity index (χ0n) is 12.5. The van der Waals surface area contributed by atoms with Crippen LogP contribution in [-0.2, 0) is 16.1 Å². The van der Waals surface area contributed by atoms with Gasteiger partial charge in [-0.05, 0) is 30.9 Å². The van der Waals surface area contributed by atoms with Gasteiger partial charge in [0.05, 0.1) is 19.0 Å². The minimum atomic E-state index is -0.243. The van der Waals surface area contributed by atoms with Gasteiger partial charge in [-0.1, -0.05) is 24.3 Å². The average Bonchev–Trinajstić information content (AvgIpc) is 2.46. The highest BCUT2D eigenvalue weighted by Crippen LogP contribution is 2.06. The maximum atomic E-state index is 12.0. The summed E-state index contributed by atoms with van der Waals surface area (Å²) >= 11 is 0. The summed E-state index contributed by atoms with van der Waals surface area (Å²) in [4.78, 5) is 24.4. The lowest BCUT2D eigenvalue weighted by Gasteiger charge is -2.27. The minimum absolute atomic E-state index is 0.0263. The quantitative estimate of drug-likeness (QED) is 0.677. The topological polar surface area (TPSA) is 76.6 Å². The van der Waals surface area contributed by atoms with E-state index in [1.165, 1.54) is 5.56 Å². The summed E-state index contributed by atoms with van der Waals surface area (Å²) in [6.07, 6.45) is 1.80. The van der Waals surface area contributed by atoms with Crippen LogP contribution in [0.2, 0.25) is 0 Å². The van der Waals surface area contributed by atoms with E-state index in [1.54, 1.807) is 0 Å². The third-order valence-electron chi connectivity index (χ3n) is 4.17. The largest absolute Gasteiger partial charge is 0.369 e. The molecule has 1 aromatic carbocycles. The van der Waals surface area contributed by atoms with Crippen LogP contribution in [0.15, 0.2) is 24.3 Å². The summed E-state index contributed by atoms with van der Waals surface area (Å²) in [5.41, 5.74) is 7.67. The van der Waals surface area contributed by atoms with E-state index in [4.69, 9.17) is 5.73 Å². The first-order valence-corrected chi connectivity index (χ1v) is 7.50. The van der Waals surface area contributed by atoms with Gasteiger partial charge in [-0.25, -0.2) is 0 Å². The highest BCUT2D eigenvalue weighted by Gasteiger charge is 2.28. The van der Waals surface area contributed by atoms with Crippen LogP contribution < -0.4 is 16.0 Å². The molecule has 0 saturated carbocycles. The van der Waals surface area contributed by atoms with Crippen LogP contribution >= 0.6 is 0 Å². The molecule has 1 unspecified atom stereocenters. The van der Waals surface area contributed by atoms with Gasteiger partial charge < -0.3 is 16.0 Å². The third kappa shape index (κ3) is 4.56. The molecule has 1 saturated heterocycles. The number of benzene rings is 1. The van der Waals surface area contributed by atoms with Crippen LogP contribution in [0, 0.1) is 12.8 Å². The van der Waals surface area contributed by atoms with Crippen molar-refractivity contribution in [2.24, 2.45) is 11.7 Å². The summed E-state index contributed by atoms with van der Waals surface area (Å²) in [6, 6.07) is 8.02. The molecule has 0 spiro atoms. The second-order valence-electron chi connectivity index (χ2n) is 5.83. The Balaban J connectivity index is 1.79. The summed E-state index contributed by atoms with van der Waals surface area (Å²) in [5.74, 6) is -0.302. The maximum absolute atomic E-state index is 12.0. The predicted octanol–water partition coefficient (Wildman–Crippen LogP) is -0.609. The van der Waals surface area contributed by atoms with E-state index in [-0.39, 0.29) is 17.7 Å². The number of nitrogens with one attached hydrogen (secondary N) is 2. The molecule has 0 bridgehead atoms. The SMILES string of the molecule is Cc1ccccc1CNC(=O)C[NH+]1CCC[C@H](C(N)=O)C1. The zero-order valence-corrected chi connectivity index (χ0v) is 12.5. The number of quaternary nitrogens is 1. The number of primary amides is 1. The Morgan fingerprint density at radius 1 is 1.38 bits per heavy atom. The fourth-order valence-corrected chi connectivity index (χ4v) is 2.85. The molecule has 1 aliphatic heterocycles. The van der Waals surface area contributed by atoms with Crippen molar-refractivity contribution >= 4 is 11.8 Å². The standard InChI is InChI=1S/C16H23N3O2/c1-12-5-2-3-6-13(12)9-18-15(20)11-19-8-4-7-14(10-19)16(17)21/h2-3,5-6,14H,4,7-11H2,1H3,(H2,17,21)(H,18,20)/p+1/t14-/m0/s1. The molecule has 0 radical (unpaired) electrons. The van der Waals surface area contributed by atoms with Gasteiger partial charge in [0.1, 0.15) is 0 Å². The van der Waals surface area contributed by atoms with Crippen molar-refractivity contribution in [3.8, 4) is 0 Å². The van der Waals surface area contributed by atoms with Crippen molar-refractivity contribution in [1.82, 2.24) is 5.32 Å². The molecule has 4 N–H and O–H groups in total. The second-order valence-corrected chi connectivity index (χ2v) is 5.83. The van der Waals surface area contributed by atoms with Gasteiger partial charge in [-0.2, -0.15) is 0 Å². The number of carbonyl (C=O) groups is 2. The monoisotopic (exact) mass is 290 g/mol. The molecule has 1 aliphatic rings. The number of amides is 2. The van der Waals surface area contributed by atoms with Crippen molar-refractivity contribution in [1.29, 1.82) is 0 Å². The second kappa shape index (κ2) is 7.22. The van der Waals surface area contributed by atoms with Gasteiger partial charge in [-0.3, -0.25) is 9.59 Å². The lowest BCUT2D eigenvalue weighted by atomic mass is 9.97. The number of rotatable bonds is 5. The zero-order chi connectivity index (χ0) is 15.2. The summed E-state index contributed by atoms with van der Waals surface area (Å²) in [7, 11) is 0. The lowest BCUT2D eigenvalue weighted by Crippen LogP contribution is -3.15. The third-order valence-corrected chi connectivity index (χ3v) is 4.17. The Morgan fingerprint density at radius 2 is 2.14 bits per heavy atom.